The first-order chi connectivity index (χ1) is 12.6. The SMILES string of the molecule is COc1ccc(NC(=S)N/N=C\c2cc(C)n(-c3nccs3)c2C)cc1. The van der Waals surface area contributed by atoms with Gasteiger partial charge in [0.25, 0.3) is 0 Å². The van der Waals surface area contributed by atoms with Crippen molar-refractivity contribution < 1.29 is 4.74 Å². The Hall–Kier alpha value is -2.71. The van der Waals surface area contributed by atoms with Crippen molar-refractivity contribution in [2.75, 3.05) is 12.4 Å². The highest BCUT2D eigenvalue weighted by atomic mass is 32.1. The van der Waals surface area contributed by atoms with Crippen LogP contribution in [-0.2, 0) is 0 Å². The third kappa shape index (κ3) is 4.09. The van der Waals surface area contributed by atoms with Crippen LogP contribution in [0.2, 0.25) is 0 Å². The lowest BCUT2D eigenvalue weighted by molar-refractivity contribution is 0.415. The molecule has 0 radical (unpaired) electrons. The lowest BCUT2D eigenvalue weighted by Crippen LogP contribution is -2.23. The molecule has 8 heteroatoms. The summed E-state index contributed by atoms with van der Waals surface area (Å²) in [6, 6.07) is 9.57. The number of aryl methyl sites for hydroxylation is 1. The Kier molecular flexibility index (Phi) is 5.65. The fourth-order valence-corrected chi connectivity index (χ4v) is 3.45. The number of thiazole rings is 1. The summed E-state index contributed by atoms with van der Waals surface area (Å²) >= 11 is 6.86. The zero-order valence-electron chi connectivity index (χ0n) is 14.7. The Morgan fingerprint density at radius 3 is 2.73 bits per heavy atom. The number of hydrazone groups is 1. The van der Waals surface area contributed by atoms with Crippen molar-refractivity contribution in [3.05, 3.63) is 58.9 Å². The smallest absolute Gasteiger partial charge is 0.193 e. The minimum atomic E-state index is 0.417. The average molecular weight is 386 g/mol. The van der Waals surface area contributed by atoms with Gasteiger partial charge in [-0.2, -0.15) is 5.10 Å². The molecule has 134 valence electrons. The lowest BCUT2D eigenvalue weighted by atomic mass is 10.3. The molecule has 2 aromatic heterocycles. The second-order valence-electron chi connectivity index (χ2n) is 5.53. The number of nitrogens with one attached hydrogen (secondary N) is 2. The molecule has 1 aromatic carbocycles. The van der Waals surface area contributed by atoms with Gasteiger partial charge in [-0.15, -0.1) is 11.3 Å². The van der Waals surface area contributed by atoms with Gasteiger partial charge in [0.15, 0.2) is 10.2 Å². The van der Waals surface area contributed by atoms with Gasteiger partial charge in [-0.3, -0.25) is 9.99 Å². The van der Waals surface area contributed by atoms with Crippen molar-refractivity contribution in [3.63, 3.8) is 0 Å². The zero-order valence-corrected chi connectivity index (χ0v) is 16.3. The van der Waals surface area contributed by atoms with E-state index in [0.717, 1.165) is 33.5 Å². The van der Waals surface area contributed by atoms with Gasteiger partial charge in [0.05, 0.1) is 13.3 Å². The normalized spacial score (nSPS) is 10.9. The van der Waals surface area contributed by atoms with E-state index in [1.165, 1.54) is 0 Å². The fraction of sp³-hybridized carbons (Fsp3) is 0.167. The van der Waals surface area contributed by atoms with Crippen LogP contribution in [0, 0.1) is 13.8 Å². The van der Waals surface area contributed by atoms with E-state index in [-0.39, 0.29) is 0 Å². The third-order valence-electron chi connectivity index (χ3n) is 3.80. The molecule has 0 saturated carbocycles. The lowest BCUT2D eigenvalue weighted by Gasteiger charge is -2.07. The minimum absolute atomic E-state index is 0.417. The summed E-state index contributed by atoms with van der Waals surface area (Å²) in [7, 11) is 1.63. The van der Waals surface area contributed by atoms with Crippen LogP contribution in [0.25, 0.3) is 5.13 Å². The maximum atomic E-state index is 5.26. The molecule has 0 aliphatic carbocycles. The molecule has 0 spiro atoms. The van der Waals surface area contributed by atoms with Crippen LogP contribution in [-0.4, -0.2) is 28.0 Å². The molecule has 0 aliphatic rings. The van der Waals surface area contributed by atoms with Crippen molar-refractivity contribution in [1.82, 2.24) is 15.0 Å². The molecular formula is C18H19N5OS2. The molecule has 3 rings (SSSR count). The van der Waals surface area contributed by atoms with Gasteiger partial charge in [-0.1, -0.05) is 0 Å². The molecule has 0 atom stereocenters. The highest BCUT2D eigenvalue weighted by Crippen LogP contribution is 2.21. The topological polar surface area (TPSA) is 63.5 Å². The summed E-state index contributed by atoms with van der Waals surface area (Å²) in [6.45, 7) is 4.10. The van der Waals surface area contributed by atoms with Crippen molar-refractivity contribution in [1.29, 1.82) is 0 Å². The Bertz CT molecular complexity index is 914. The molecule has 3 aromatic rings. The van der Waals surface area contributed by atoms with Crippen molar-refractivity contribution >= 4 is 40.6 Å². The highest BCUT2D eigenvalue weighted by Gasteiger charge is 2.10. The summed E-state index contributed by atoms with van der Waals surface area (Å²) in [5.41, 5.74) is 6.90. The van der Waals surface area contributed by atoms with Crippen molar-refractivity contribution in [2.45, 2.75) is 13.8 Å². The first kappa shape index (κ1) is 18.1. The first-order valence-corrected chi connectivity index (χ1v) is 9.20. The van der Waals surface area contributed by atoms with Gasteiger partial charge in [0, 0.05) is 34.2 Å². The largest absolute Gasteiger partial charge is 0.497 e. The second kappa shape index (κ2) is 8.11. The maximum absolute atomic E-state index is 5.26. The maximum Gasteiger partial charge on any atom is 0.193 e. The van der Waals surface area contributed by atoms with Crippen LogP contribution in [0.3, 0.4) is 0 Å². The molecular weight excluding hydrogens is 366 g/mol. The molecule has 0 amide bonds. The van der Waals surface area contributed by atoms with Crippen molar-refractivity contribution in [2.24, 2.45) is 5.10 Å². The van der Waals surface area contributed by atoms with Gasteiger partial charge in [0.1, 0.15) is 5.75 Å². The van der Waals surface area contributed by atoms with Crippen LogP contribution in [0.5, 0.6) is 5.75 Å². The van der Waals surface area contributed by atoms with E-state index in [2.05, 4.69) is 38.4 Å². The van der Waals surface area contributed by atoms with E-state index in [1.54, 1.807) is 30.9 Å². The predicted octanol–water partition coefficient (Wildman–Crippen LogP) is 3.88. The Morgan fingerprint density at radius 1 is 1.31 bits per heavy atom. The van der Waals surface area contributed by atoms with Gasteiger partial charge < -0.3 is 10.1 Å². The number of nitrogens with zero attached hydrogens (tertiary/aromatic N) is 3. The molecule has 2 N–H and O–H groups in total. The molecule has 2 heterocycles. The van der Waals surface area contributed by atoms with E-state index in [1.807, 2.05) is 36.6 Å². The number of benzene rings is 1. The summed E-state index contributed by atoms with van der Waals surface area (Å²) in [5, 5.41) is 10.6. The van der Waals surface area contributed by atoms with Gasteiger partial charge in [0.2, 0.25) is 0 Å². The fourth-order valence-electron chi connectivity index (χ4n) is 2.53. The summed E-state index contributed by atoms with van der Waals surface area (Å²) in [6.07, 6.45) is 3.56. The first-order valence-electron chi connectivity index (χ1n) is 7.91. The third-order valence-corrected chi connectivity index (χ3v) is 4.75. The predicted molar refractivity (Wildman–Crippen MR) is 111 cm³/mol. The Balaban J connectivity index is 1.63. The molecule has 26 heavy (non-hydrogen) atoms. The minimum Gasteiger partial charge on any atom is -0.497 e. The summed E-state index contributed by atoms with van der Waals surface area (Å²) < 4.78 is 7.24. The van der Waals surface area contributed by atoms with Crippen LogP contribution < -0.4 is 15.5 Å². The molecule has 0 saturated heterocycles. The molecule has 0 aliphatic heterocycles. The van der Waals surface area contributed by atoms with E-state index in [4.69, 9.17) is 17.0 Å². The molecule has 0 unspecified atom stereocenters. The number of hydrogen-bond donors (Lipinski definition) is 2. The van der Waals surface area contributed by atoms with E-state index in [0.29, 0.717) is 5.11 Å². The monoisotopic (exact) mass is 385 g/mol. The molecule has 6 nitrogen and oxygen atoms in total. The van der Waals surface area contributed by atoms with Gasteiger partial charge >= 0.3 is 0 Å². The second-order valence-corrected chi connectivity index (χ2v) is 6.81. The number of rotatable bonds is 5. The molecule has 0 fully saturated rings. The van der Waals surface area contributed by atoms with E-state index >= 15 is 0 Å². The van der Waals surface area contributed by atoms with Crippen LogP contribution in [0.15, 0.2) is 47.0 Å². The van der Waals surface area contributed by atoms with Crippen molar-refractivity contribution in [3.8, 4) is 10.9 Å². The summed E-state index contributed by atoms with van der Waals surface area (Å²) in [4.78, 5) is 4.37. The molecule has 0 bridgehead atoms. The standard InChI is InChI=1S/C18H19N5OS2/c1-12-10-14(13(2)23(12)18-19-8-9-26-18)11-20-22-17(25)21-15-4-6-16(24-3)7-5-15/h4-11H,1-3H3,(H2,21,22,25)/b20-11-. The Morgan fingerprint density at radius 2 is 2.08 bits per heavy atom. The van der Waals surface area contributed by atoms with E-state index in [9.17, 15) is 0 Å². The number of hydrogen-bond acceptors (Lipinski definition) is 5. The Labute approximate surface area is 161 Å². The van der Waals surface area contributed by atoms with Crippen LogP contribution >= 0.6 is 23.6 Å². The number of ether oxygens (including phenoxy) is 1. The van der Waals surface area contributed by atoms with E-state index < -0.39 is 0 Å². The number of anilines is 1. The van der Waals surface area contributed by atoms with Gasteiger partial charge in [-0.25, -0.2) is 4.98 Å². The number of aromatic nitrogens is 2. The quantitative estimate of drug-likeness (QED) is 0.396. The number of thiocarbonyl (C=S) groups is 1. The van der Waals surface area contributed by atoms with Gasteiger partial charge in [-0.05, 0) is 56.4 Å². The summed E-state index contributed by atoms with van der Waals surface area (Å²) in [5.74, 6) is 0.794. The van der Waals surface area contributed by atoms with Crippen LogP contribution in [0.1, 0.15) is 17.0 Å². The zero-order chi connectivity index (χ0) is 18.5. The number of methoxy groups -OCH3 is 1. The van der Waals surface area contributed by atoms with Crippen LogP contribution in [0.4, 0.5) is 5.69 Å². The highest BCUT2D eigenvalue weighted by molar-refractivity contribution is 7.80. The average Bonchev–Trinajstić information content (AvgIpc) is 3.24.